The van der Waals surface area contributed by atoms with Crippen molar-refractivity contribution < 1.29 is 9.21 Å². The lowest BCUT2D eigenvalue weighted by molar-refractivity contribution is -0.134. The Hall–Kier alpha value is -2.02. The first-order valence-corrected chi connectivity index (χ1v) is 5.00. The van der Waals surface area contributed by atoms with Crippen LogP contribution in [0.2, 0.25) is 0 Å². The second-order valence-electron chi connectivity index (χ2n) is 4.15. The topological polar surface area (TPSA) is 57.2 Å². The molecule has 0 bridgehead atoms. The minimum absolute atomic E-state index is 0.215. The predicted molar refractivity (Wildman–Crippen MR) is 57.9 cm³/mol. The molecule has 1 aromatic rings. The van der Waals surface area contributed by atoms with Crippen molar-refractivity contribution in [3.63, 3.8) is 0 Å². The minimum atomic E-state index is -1.06. The van der Waals surface area contributed by atoms with Crippen molar-refractivity contribution in [2.24, 2.45) is 5.41 Å². The zero-order valence-electron chi connectivity index (χ0n) is 9.23. The summed E-state index contributed by atoms with van der Waals surface area (Å²) in [7, 11) is 1.65. The SMILES string of the molecule is CN1/C=C\c2ccoc2CC(C)(C#N)C1=O. The monoisotopic (exact) mass is 216 g/mol. The van der Waals surface area contributed by atoms with E-state index in [0.717, 1.165) is 5.56 Å². The van der Waals surface area contributed by atoms with Gasteiger partial charge in [-0.3, -0.25) is 4.79 Å². The molecule has 2 heterocycles. The first-order chi connectivity index (χ1) is 7.57. The summed E-state index contributed by atoms with van der Waals surface area (Å²) in [5.41, 5.74) is -0.146. The zero-order chi connectivity index (χ0) is 11.8. The molecule has 0 saturated carbocycles. The number of amides is 1. The van der Waals surface area contributed by atoms with Gasteiger partial charge in [0.1, 0.15) is 11.2 Å². The number of nitriles is 1. The normalized spacial score (nSPS) is 26.6. The summed E-state index contributed by atoms with van der Waals surface area (Å²) < 4.78 is 5.30. The van der Waals surface area contributed by atoms with Crippen LogP contribution in [0.25, 0.3) is 6.08 Å². The highest BCUT2D eigenvalue weighted by atomic mass is 16.3. The molecule has 1 atom stereocenters. The quantitative estimate of drug-likeness (QED) is 0.664. The summed E-state index contributed by atoms with van der Waals surface area (Å²) >= 11 is 0. The van der Waals surface area contributed by atoms with E-state index in [-0.39, 0.29) is 5.91 Å². The van der Waals surface area contributed by atoms with E-state index in [1.54, 1.807) is 26.4 Å². The van der Waals surface area contributed by atoms with Gasteiger partial charge in [-0.25, -0.2) is 0 Å². The van der Waals surface area contributed by atoms with Gasteiger partial charge in [-0.15, -0.1) is 0 Å². The molecule has 2 rings (SSSR count). The maximum absolute atomic E-state index is 12.0. The molecule has 0 radical (unpaired) electrons. The van der Waals surface area contributed by atoms with Gasteiger partial charge in [-0.05, 0) is 19.1 Å². The van der Waals surface area contributed by atoms with Crippen molar-refractivity contribution in [1.82, 2.24) is 4.90 Å². The Morgan fingerprint density at radius 1 is 1.62 bits per heavy atom. The van der Waals surface area contributed by atoms with Crippen LogP contribution in [0, 0.1) is 16.7 Å². The summed E-state index contributed by atoms with van der Waals surface area (Å²) in [5, 5.41) is 9.16. The molecule has 0 aliphatic carbocycles. The highest BCUT2D eigenvalue weighted by Gasteiger charge is 2.38. The van der Waals surface area contributed by atoms with Crippen LogP contribution in [-0.2, 0) is 11.2 Å². The van der Waals surface area contributed by atoms with Crippen molar-refractivity contribution in [3.05, 3.63) is 29.9 Å². The van der Waals surface area contributed by atoms with E-state index in [4.69, 9.17) is 9.68 Å². The number of rotatable bonds is 0. The summed E-state index contributed by atoms with van der Waals surface area (Å²) in [6.07, 6.45) is 5.35. The largest absolute Gasteiger partial charge is 0.469 e. The van der Waals surface area contributed by atoms with Gasteiger partial charge in [0.25, 0.3) is 0 Å². The molecule has 82 valence electrons. The lowest BCUT2D eigenvalue weighted by Crippen LogP contribution is -2.38. The van der Waals surface area contributed by atoms with Crippen LogP contribution in [0.1, 0.15) is 18.2 Å². The molecule has 16 heavy (non-hydrogen) atoms. The van der Waals surface area contributed by atoms with Gasteiger partial charge in [-0.2, -0.15) is 5.26 Å². The van der Waals surface area contributed by atoms with E-state index in [1.807, 2.05) is 12.1 Å². The maximum Gasteiger partial charge on any atom is 0.246 e. The molecule has 1 aliphatic heterocycles. The van der Waals surface area contributed by atoms with Crippen LogP contribution >= 0.6 is 0 Å². The van der Waals surface area contributed by atoms with Crippen molar-refractivity contribution in [2.45, 2.75) is 13.3 Å². The minimum Gasteiger partial charge on any atom is -0.469 e. The Labute approximate surface area is 93.8 Å². The third-order valence-electron chi connectivity index (χ3n) is 2.81. The van der Waals surface area contributed by atoms with Gasteiger partial charge in [0.15, 0.2) is 0 Å². The fraction of sp³-hybridized carbons (Fsp3) is 0.333. The molecule has 0 N–H and O–H groups in total. The number of furan rings is 1. The molecule has 0 saturated heterocycles. The van der Waals surface area contributed by atoms with Gasteiger partial charge in [-0.1, -0.05) is 0 Å². The molecule has 4 heteroatoms. The van der Waals surface area contributed by atoms with Crippen LogP contribution in [0.4, 0.5) is 0 Å². The molecule has 1 aliphatic rings. The van der Waals surface area contributed by atoms with Crippen LogP contribution in [0.3, 0.4) is 0 Å². The lowest BCUT2D eigenvalue weighted by atomic mass is 9.84. The third-order valence-corrected chi connectivity index (χ3v) is 2.81. The van der Waals surface area contributed by atoms with Gasteiger partial charge in [0.05, 0.1) is 12.3 Å². The zero-order valence-corrected chi connectivity index (χ0v) is 9.23. The molecular weight excluding hydrogens is 204 g/mol. The molecular formula is C12H12N2O2. The van der Waals surface area contributed by atoms with Crippen molar-refractivity contribution in [1.29, 1.82) is 5.26 Å². The number of fused-ring (bicyclic) bond motifs is 1. The van der Waals surface area contributed by atoms with Gasteiger partial charge in [0.2, 0.25) is 5.91 Å². The Morgan fingerprint density at radius 2 is 2.38 bits per heavy atom. The number of hydrogen-bond donors (Lipinski definition) is 0. The second-order valence-corrected chi connectivity index (χ2v) is 4.15. The van der Waals surface area contributed by atoms with E-state index in [1.165, 1.54) is 4.90 Å². The Bertz CT molecular complexity index is 495. The molecule has 1 aromatic heterocycles. The van der Waals surface area contributed by atoms with E-state index < -0.39 is 5.41 Å². The fourth-order valence-electron chi connectivity index (χ4n) is 1.78. The molecule has 0 spiro atoms. The number of hydrogen-bond acceptors (Lipinski definition) is 3. The van der Waals surface area contributed by atoms with E-state index in [2.05, 4.69) is 6.07 Å². The van der Waals surface area contributed by atoms with Crippen molar-refractivity contribution in [3.8, 4) is 6.07 Å². The van der Waals surface area contributed by atoms with E-state index in [9.17, 15) is 4.79 Å². The highest BCUT2D eigenvalue weighted by molar-refractivity contribution is 5.87. The Morgan fingerprint density at radius 3 is 3.06 bits per heavy atom. The average molecular weight is 216 g/mol. The highest BCUT2D eigenvalue weighted by Crippen LogP contribution is 2.29. The Kier molecular flexibility index (Phi) is 2.31. The first-order valence-electron chi connectivity index (χ1n) is 5.00. The summed E-state index contributed by atoms with van der Waals surface area (Å²) in [6.45, 7) is 1.64. The number of nitrogens with zero attached hydrogens (tertiary/aromatic N) is 2. The molecule has 1 amide bonds. The Balaban J connectivity index is 2.52. The molecule has 4 nitrogen and oxygen atoms in total. The first kappa shape index (κ1) is 10.5. The van der Waals surface area contributed by atoms with Crippen molar-refractivity contribution in [2.75, 3.05) is 7.05 Å². The van der Waals surface area contributed by atoms with Crippen molar-refractivity contribution >= 4 is 12.0 Å². The van der Waals surface area contributed by atoms with Crippen LogP contribution in [0.15, 0.2) is 22.9 Å². The van der Waals surface area contributed by atoms with Crippen LogP contribution < -0.4 is 0 Å². The maximum atomic E-state index is 12.0. The van der Waals surface area contributed by atoms with E-state index in [0.29, 0.717) is 12.2 Å². The second kappa shape index (κ2) is 3.53. The molecule has 1 unspecified atom stereocenters. The van der Waals surface area contributed by atoms with Gasteiger partial charge >= 0.3 is 0 Å². The van der Waals surface area contributed by atoms with E-state index >= 15 is 0 Å². The predicted octanol–water partition coefficient (Wildman–Crippen LogP) is 1.79. The van der Waals surface area contributed by atoms with Crippen LogP contribution in [0.5, 0.6) is 0 Å². The summed E-state index contributed by atoms with van der Waals surface area (Å²) in [6, 6.07) is 3.90. The third kappa shape index (κ3) is 1.50. The standard InChI is InChI=1S/C12H12N2O2/c1-12(8-13)7-10-9(4-6-16-10)3-5-14(2)11(12)15/h3-6H,7H2,1-2H3/b5-3-. The summed E-state index contributed by atoms with van der Waals surface area (Å²) in [5.74, 6) is 0.468. The van der Waals surface area contributed by atoms with Gasteiger partial charge in [0, 0.05) is 25.2 Å². The summed E-state index contributed by atoms with van der Waals surface area (Å²) in [4.78, 5) is 13.4. The lowest BCUT2D eigenvalue weighted by Gasteiger charge is -2.25. The smallest absolute Gasteiger partial charge is 0.246 e. The fourth-order valence-corrected chi connectivity index (χ4v) is 1.78. The number of carbonyl (C=O) groups is 1. The molecule has 0 fully saturated rings. The average Bonchev–Trinajstić information content (AvgIpc) is 2.70. The van der Waals surface area contributed by atoms with Gasteiger partial charge < -0.3 is 9.32 Å². The molecule has 0 aromatic carbocycles. The van der Waals surface area contributed by atoms with Crippen LogP contribution in [-0.4, -0.2) is 17.9 Å². The number of carbonyl (C=O) groups excluding carboxylic acids is 1.